The molecule has 2 fully saturated rings. The maximum Gasteiger partial charge on any atom is 0.300 e. The topological polar surface area (TPSA) is 98.5 Å². The standard InChI is InChI=1S/C28H29N5O3S/c1-3-20-17-8-9-18(14-17)24(20)30-23(34)15-37-28-29-22-7-5-4-6-21(22)26-31-27(35)25(32-33(26)28)16-10-12-19(36-2)13-11-16/h4-7,10-13,17-18,20,24H,3,8-9,14-15H2,1-2H3,(H,30,34)/t17-,18+,20?,24?/m1/s1. The van der Waals surface area contributed by atoms with E-state index in [1.807, 2.05) is 24.3 Å². The Hall–Kier alpha value is -3.46. The van der Waals surface area contributed by atoms with Crippen LogP contribution in [0.4, 0.5) is 0 Å². The summed E-state index contributed by atoms with van der Waals surface area (Å²) >= 11 is 1.32. The number of ether oxygens (including phenoxy) is 1. The van der Waals surface area contributed by atoms with Crippen LogP contribution >= 0.6 is 11.8 Å². The molecule has 0 aliphatic heterocycles. The van der Waals surface area contributed by atoms with Crippen LogP contribution in [-0.2, 0) is 4.79 Å². The van der Waals surface area contributed by atoms with E-state index in [-0.39, 0.29) is 23.4 Å². The summed E-state index contributed by atoms with van der Waals surface area (Å²) in [6.07, 6.45) is 4.86. The number of thioether (sulfide) groups is 1. The second-order valence-corrected chi connectivity index (χ2v) is 10.9. The van der Waals surface area contributed by atoms with Gasteiger partial charge in [0.1, 0.15) is 5.75 Å². The van der Waals surface area contributed by atoms with E-state index in [0.717, 1.165) is 17.7 Å². The molecule has 0 spiro atoms. The highest BCUT2D eigenvalue weighted by atomic mass is 32.2. The number of carbonyl (C=O) groups is 1. The van der Waals surface area contributed by atoms with E-state index < -0.39 is 5.56 Å². The Bertz CT molecular complexity index is 1540. The third-order valence-electron chi connectivity index (χ3n) is 7.94. The predicted octanol–water partition coefficient (Wildman–Crippen LogP) is 4.35. The van der Waals surface area contributed by atoms with Gasteiger partial charge in [0.2, 0.25) is 5.91 Å². The minimum absolute atomic E-state index is 0.00786. The zero-order valence-corrected chi connectivity index (χ0v) is 21.7. The lowest BCUT2D eigenvalue weighted by Crippen LogP contribution is -2.44. The molecule has 4 aromatic rings. The summed E-state index contributed by atoms with van der Waals surface area (Å²) in [5, 5.41) is 9.25. The van der Waals surface area contributed by atoms with Crippen molar-refractivity contribution in [2.24, 2.45) is 17.8 Å². The van der Waals surface area contributed by atoms with E-state index in [0.29, 0.717) is 39.5 Å². The van der Waals surface area contributed by atoms with Crippen LogP contribution in [0, 0.1) is 17.8 Å². The van der Waals surface area contributed by atoms with Gasteiger partial charge >= 0.3 is 0 Å². The average Bonchev–Trinajstić information content (AvgIpc) is 3.53. The van der Waals surface area contributed by atoms with Gasteiger partial charge in [-0.1, -0.05) is 37.2 Å². The van der Waals surface area contributed by atoms with Gasteiger partial charge in [-0.15, -0.1) is 0 Å². The Balaban J connectivity index is 1.33. The van der Waals surface area contributed by atoms with Crippen molar-refractivity contribution in [3.8, 4) is 17.0 Å². The zero-order valence-electron chi connectivity index (χ0n) is 20.9. The molecule has 4 atom stereocenters. The Kier molecular flexibility index (Phi) is 6.32. The molecule has 1 N–H and O–H groups in total. The molecule has 37 heavy (non-hydrogen) atoms. The molecule has 190 valence electrons. The third kappa shape index (κ3) is 4.35. The molecule has 1 amide bonds. The van der Waals surface area contributed by atoms with Crippen LogP contribution in [0.3, 0.4) is 0 Å². The Morgan fingerprint density at radius 3 is 2.68 bits per heavy atom. The molecular weight excluding hydrogens is 486 g/mol. The molecule has 2 saturated carbocycles. The first-order valence-electron chi connectivity index (χ1n) is 12.8. The summed E-state index contributed by atoms with van der Waals surface area (Å²) in [7, 11) is 1.59. The number of benzene rings is 2. The van der Waals surface area contributed by atoms with Crippen LogP contribution in [0.1, 0.15) is 32.6 Å². The van der Waals surface area contributed by atoms with Crippen molar-refractivity contribution in [2.45, 2.75) is 43.8 Å². The van der Waals surface area contributed by atoms with Gasteiger partial charge in [0, 0.05) is 17.0 Å². The number of carbonyl (C=O) groups excluding carboxylic acids is 1. The van der Waals surface area contributed by atoms with Gasteiger partial charge in [-0.05, 0) is 73.4 Å². The van der Waals surface area contributed by atoms with E-state index in [2.05, 4.69) is 22.3 Å². The van der Waals surface area contributed by atoms with Crippen LogP contribution in [0.25, 0.3) is 27.8 Å². The molecule has 2 aliphatic rings. The van der Waals surface area contributed by atoms with Gasteiger partial charge in [-0.25, -0.2) is 4.98 Å². The van der Waals surface area contributed by atoms with Gasteiger partial charge in [0.25, 0.3) is 5.56 Å². The highest BCUT2D eigenvalue weighted by Crippen LogP contribution is 2.49. The van der Waals surface area contributed by atoms with Crippen LogP contribution < -0.4 is 15.6 Å². The Morgan fingerprint density at radius 1 is 1.11 bits per heavy atom. The van der Waals surface area contributed by atoms with E-state index in [1.54, 1.807) is 35.9 Å². The zero-order chi connectivity index (χ0) is 25.5. The number of methoxy groups -OCH3 is 1. The molecular formula is C28H29N5O3S. The molecule has 2 heterocycles. The van der Waals surface area contributed by atoms with Gasteiger partial charge in [0.15, 0.2) is 16.5 Å². The van der Waals surface area contributed by atoms with Crippen molar-refractivity contribution in [1.29, 1.82) is 0 Å². The van der Waals surface area contributed by atoms with Crippen LogP contribution in [-0.4, -0.2) is 44.4 Å². The average molecular weight is 516 g/mol. The minimum atomic E-state index is -0.419. The van der Waals surface area contributed by atoms with Crippen molar-refractivity contribution in [3.05, 3.63) is 58.9 Å². The number of hydrogen-bond donors (Lipinski definition) is 1. The second kappa shape index (κ2) is 9.78. The minimum Gasteiger partial charge on any atom is -0.497 e. The molecule has 8 nitrogen and oxygen atoms in total. The lowest BCUT2D eigenvalue weighted by atomic mass is 9.83. The fraction of sp³-hybridized carbons (Fsp3) is 0.393. The molecule has 6 rings (SSSR count). The number of nitrogens with one attached hydrogen (secondary N) is 1. The number of aromatic nitrogens is 4. The summed E-state index contributed by atoms with van der Waals surface area (Å²) < 4.78 is 6.82. The highest BCUT2D eigenvalue weighted by Gasteiger charge is 2.46. The molecule has 2 aromatic carbocycles. The molecule has 0 radical (unpaired) electrons. The first-order valence-corrected chi connectivity index (χ1v) is 13.8. The largest absolute Gasteiger partial charge is 0.497 e. The number of hydrogen-bond acceptors (Lipinski definition) is 7. The van der Waals surface area contributed by atoms with Crippen LogP contribution in [0.2, 0.25) is 0 Å². The quantitative estimate of drug-likeness (QED) is 0.222. The summed E-state index contributed by atoms with van der Waals surface area (Å²) in [6.45, 7) is 2.23. The predicted molar refractivity (Wildman–Crippen MR) is 144 cm³/mol. The maximum absolute atomic E-state index is 13.0. The molecule has 9 heteroatoms. The van der Waals surface area contributed by atoms with Gasteiger partial charge in [-0.3, -0.25) is 9.59 Å². The lowest BCUT2D eigenvalue weighted by molar-refractivity contribution is -0.120. The maximum atomic E-state index is 13.0. The molecule has 2 bridgehead atoms. The summed E-state index contributed by atoms with van der Waals surface area (Å²) in [4.78, 5) is 35.3. The fourth-order valence-corrected chi connectivity index (χ4v) is 6.96. The van der Waals surface area contributed by atoms with Gasteiger partial charge in [0.05, 0.1) is 18.4 Å². The van der Waals surface area contributed by atoms with E-state index >= 15 is 0 Å². The molecule has 2 unspecified atom stereocenters. The van der Waals surface area contributed by atoms with Crippen molar-refractivity contribution >= 4 is 34.2 Å². The summed E-state index contributed by atoms with van der Waals surface area (Å²) in [5.41, 5.74) is 1.57. The third-order valence-corrected chi connectivity index (χ3v) is 8.87. The number of fused-ring (bicyclic) bond motifs is 5. The fourth-order valence-electron chi connectivity index (χ4n) is 6.21. The van der Waals surface area contributed by atoms with E-state index in [9.17, 15) is 9.59 Å². The molecule has 0 saturated heterocycles. The first-order chi connectivity index (χ1) is 18.1. The lowest BCUT2D eigenvalue weighted by Gasteiger charge is -2.31. The Morgan fingerprint density at radius 2 is 1.89 bits per heavy atom. The normalized spacial score (nSPS) is 22.5. The van der Waals surface area contributed by atoms with Gasteiger partial charge in [-0.2, -0.15) is 14.6 Å². The van der Waals surface area contributed by atoms with Crippen LogP contribution in [0.15, 0.2) is 58.5 Å². The SMILES string of the molecule is CCC1C(NC(=O)CSc2nc3ccccc3c3nc(=O)c(-c4ccc(OC)cc4)nn23)[C@H]2CC[C@@H]1C2. The smallest absolute Gasteiger partial charge is 0.300 e. The van der Waals surface area contributed by atoms with Crippen LogP contribution in [0.5, 0.6) is 5.75 Å². The Labute approximate surface area is 218 Å². The van der Waals surface area contributed by atoms with Crippen molar-refractivity contribution in [3.63, 3.8) is 0 Å². The van der Waals surface area contributed by atoms with Crippen molar-refractivity contribution in [2.75, 3.05) is 12.9 Å². The molecule has 2 aromatic heterocycles. The van der Waals surface area contributed by atoms with Gasteiger partial charge < -0.3 is 10.1 Å². The monoisotopic (exact) mass is 515 g/mol. The highest BCUT2D eigenvalue weighted by molar-refractivity contribution is 7.99. The number of para-hydroxylation sites is 1. The number of nitrogens with zero attached hydrogens (tertiary/aromatic N) is 4. The van der Waals surface area contributed by atoms with Crippen molar-refractivity contribution < 1.29 is 9.53 Å². The summed E-state index contributed by atoms with van der Waals surface area (Å²) in [5.74, 6) is 2.85. The summed E-state index contributed by atoms with van der Waals surface area (Å²) in [6, 6.07) is 14.9. The number of rotatable bonds is 7. The van der Waals surface area contributed by atoms with E-state index in [1.165, 1.54) is 31.0 Å². The number of amides is 1. The second-order valence-electron chi connectivity index (χ2n) is 9.93. The van der Waals surface area contributed by atoms with Crippen molar-refractivity contribution in [1.82, 2.24) is 24.9 Å². The molecule has 2 aliphatic carbocycles. The first kappa shape index (κ1) is 23.9. The van der Waals surface area contributed by atoms with E-state index in [4.69, 9.17) is 9.72 Å².